The van der Waals surface area contributed by atoms with Crippen molar-refractivity contribution in [1.29, 1.82) is 5.26 Å². The van der Waals surface area contributed by atoms with E-state index in [1.54, 1.807) is 18.6 Å². The number of anilines is 1. The van der Waals surface area contributed by atoms with Gasteiger partial charge in [0.1, 0.15) is 11.8 Å². The lowest BCUT2D eigenvalue weighted by atomic mass is 10.1. The van der Waals surface area contributed by atoms with Gasteiger partial charge < -0.3 is 14.5 Å². The number of hydrogen-bond acceptors (Lipinski definition) is 6. The summed E-state index contributed by atoms with van der Waals surface area (Å²) in [4.78, 5) is 16.6. The normalized spacial score (nSPS) is 10.5. The number of nitriles is 1. The van der Waals surface area contributed by atoms with Crippen LogP contribution in [0.15, 0.2) is 53.5 Å². The summed E-state index contributed by atoms with van der Waals surface area (Å²) in [7, 11) is 1.42. The Balaban J connectivity index is 1.67. The molecule has 4 rings (SSSR count). The van der Waals surface area contributed by atoms with Crippen LogP contribution in [0.1, 0.15) is 16.1 Å². The zero-order chi connectivity index (χ0) is 18.8. The number of nitrogens with zero attached hydrogens (tertiary/aromatic N) is 3. The van der Waals surface area contributed by atoms with Crippen molar-refractivity contribution < 1.29 is 13.9 Å². The molecule has 8 heteroatoms. The Morgan fingerprint density at radius 3 is 2.96 bits per heavy atom. The van der Waals surface area contributed by atoms with Gasteiger partial charge in [0.25, 0.3) is 5.91 Å². The van der Waals surface area contributed by atoms with Crippen molar-refractivity contribution in [3.05, 3.63) is 60.3 Å². The van der Waals surface area contributed by atoms with Gasteiger partial charge in [-0.05, 0) is 24.3 Å². The summed E-state index contributed by atoms with van der Waals surface area (Å²) in [5.74, 6) is -0.209. The first-order chi connectivity index (χ1) is 13.2. The number of furan rings is 1. The number of aromatic amines is 1. The number of pyridine rings is 1. The number of nitrogens with one attached hydrogen (secondary N) is 2. The van der Waals surface area contributed by atoms with Gasteiger partial charge >= 0.3 is 0 Å². The molecule has 27 heavy (non-hydrogen) atoms. The van der Waals surface area contributed by atoms with Crippen LogP contribution in [0.5, 0.6) is 5.75 Å². The van der Waals surface area contributed by atoms with Crippen LogP contribution in [0.3, 0.4) is 0 Å². The first kappa shape index (κ1) is 16.4. The molecule has 1 aromatic carbocycles. The van der Waals surface area contributed by atoms with Gasteiger partial charge in [-0.3, -0.25) is 9.89 Å². The molecule has 132 valence electrons. The minimum atomic E-state index is -0.441. The Kier molecular flexibility index (Phi) is 4.03. The standard InChI is InChI=1S/C19H13N5O3/c1-26-16-6-11(8-20)9-21-18(16)19(25)22-13-2-3-15-14(7-13)17(24-23-15)12-4-5-27-10-12/h2-7,9-10H,1H3,(H,22,25)(H,23,24). The summed E-state index contributed by atoms with van der Waals surface area (Å²) in [6, 6.07) is 10.6. The molecule has 1 amide bonds. The quantitative estimate of drug-likeness (QED) is 0.577. The first-order valence-corrected chi connectivity index (χ1v) is 7.96. The number of H-pyrrole nitrogens is 1. The second kappa shape index (κ2) is 6.65. The second-order valence-electron chi connectivity index (χ2n) is 5.69. The van der Waals surface area contributed by atoms with E-state index in [1.807, 2.05) is 24.3 Å². The van der Waals surface area contributed by atoms with Crippen molar-refractivity contribution in [2.75, 3.05) is 12.4 Å². The Labute approximate surface area is 153 Å². The molecule has 0 fully saturated rings. The van der Waals surface area contributed by atoms with Gasteiger partial charge in [0.05, 0.1) is 30.7 Å². The minimum absolute atomic E-state index is 0.0962. The maximum atomic E-state index is 12.6. The molecule has 8 nitrogen and oxygen atoms in total. The van der Waals surface area contributed by atoms with E-state index in [-0.39, 0.29) is 11.4 Å². The fraction of sp³-hybridized carbons (Fsp3) is 0.0526. The third-order valence-electron chi connectivity index (χ3n) is 4.03. The van der Waals surface area contributed by atoms with E-state index < -0.39 is 5.91 Å². The molecule has 0 spiro atoms. The number of carbonyl (C=O) groups is 1. The molecule has 2 N–H and O–H groups in total. The number of hydrogen-bond donors (Lipinski definition) is 2. The summed E-state index contributed by atoms with van der Waals surface area (Å²) in [5.41, 5.74) is 3.38. The van der Waals surface area contributed by atoms with Gasteiger partial charge in [-0.2, -0.15) is 10.4 Å². The van der Waals surface area contributed by atoms with Crippen LogP contribution < -0.4 is 10.1 Å². The smallest absolute Gasteiger partial charge is 0.278 e. The number of methoxy groups -OCH3 is 1. The topological polar surface area (TPSA) is 117 Å². The van der Waals surface area contributed by atoms with Gasteiger partial charge in [-0.1, -0.05) is 0 Å². The van der Waals surface area contributed by atoms with E-state index >= 15 is 0 Å². The van der Waals surface area contributed by atoms with Crippen LogP contribution in [0.25, 0.3) is 22.2 Å². The molecular formula is C19H13N5O3. The van der Waals surface area contributed by atoms with Gasteiger partial charge in [-0.15, -0.1) is 0 Å². The molecular weight excluding hydrogens is 346 g/mol. The van der Waals surface area contributed by atoms with E-state index in [0.717, 1.165) is 22.2 Å². The van der Waals surface area contributed by atoms with Crippen molar-refractivity contribution in [3.63, 3.8) is 0 Å². The lowest BCUT2D eigenvalue weighted by Gasteiger charge is -2.09. The molecule has 0 aliphatic rings. The molecule has 0 aliphatic carbocycles. The molecule has 3 aromatic heterocycles. The molecule has 4 aromatic rings. The van der Waals surface area contributed by atoms with Crippen LogP contribution in [0, 0.1) is 11.3 Å². The summed E-state index contributed by atoms with van der Waals surface area (Å²) >= 11 is 0. The molecule has 0 unspecified atom stereocenters. The zero-order valence-corrected chi connectivity index (χ0v) is 14.2. The number of ether oxygens (including phenoxy) is 1. The monoisotopic (exact) mass is 359 g/mol. The van der Waals surface area contributed by atoms with E-state index in [4.69, 9.17) is 14.4 Å². The Morgan fingerprint density at radius 1 is 1.33 bits per heavy atom. The van der Waals surface area contributed by atoms with Crippen LogP contribution in [-0.2, 0) is 0 Å². The number of aromatic nitrogens is 3. The van der Waals surface area contributed by atoms with Crippen LogP contribution >= 0.6 is 0 Å². The number of amides is 1. The summed E-state index contributed by atoms with van der Waals surface area (Å²) in [5, 5.41) is 19.8. The Hall–Kier alpha value is -4.12. The largest absolute Gasteiger partial charge is 0.494 e. The fourth-order valence-electron chi connectivity index (χ4n) is 2.73. The zero-order valence-electron chi connectivity index (χ0n) is 14.2. The lowest BCUT2D eigenvalue weighted by Crippen LogP contribution is -2.15. The molecule has 3 heterocycles. The van der Waals surface area contributed by atoms with E-state index in [9.17, 15) is 4.79 Å². The van der Waals surface area contributed by atoms with Crippen molar-refractivity contribution in [3.8, 4) is 23.1 Å². The van der Waals surface area contributed by atoms with Crippen molar-refractivity contribution >= 4 is 22.5 Å². The van der Waals surface area contributed by atoms with Crippen LogP contribution in [-0.4, -0.2) is 28.2 Å². The number of rotatable bonds is 4. The van der Waals surface area contributed by atoms with Gasteiger partial charge in [-0.25, -0.2) is 4.98 Å². The predicted molar refractivity (Wildman–Crippen MR) is 97.3 cm³/mol. The highest BCUT2D eigenvalue weighted by molar-refractivity contribution is 6.06. The maximum Gasteiger partial charge on any atom is 0.278 e. The highest BCUT2D eigenvalue weighted by Gasteiger charge is 2.16. The molecule has 0 bridgehead atoms. The summed E-state index contributed by atoms with van der Waals surface area (Å²) in [6.07, 6.45) is 4.50. The maximum absolute atomic E-state index is 12.6. The van der Waals surface area contributed by atoms with Gasteiger partial charge in [0, 0.05) is 28.9 Å². The van der Waals surface area contributed by atoms with Crippen LogP contribution in [0.2, 0.25) is 0 Å². The molecule has 0 aliphatic heterocycles. The van der Waals surface area contributed by atoms with Gasteiger partial charge in [0.15, 0.2) is 11.4 Å². The van der Waals surface area contributed by atoms with E-state index in [1.165, 1.54) is 19.4 Å². The minimum Gasteiger partial charge on any atom is -0.494 e. The summed E-state index contributed by atoms with van der Waals surface area (Å²) < 4.78 is 10.3. The van der Waals surface area contributed by atoms with Crippen molar-refractivity contribution in [2.24, 2.45) is 0 Å². The number of fused-ring (bicyclic) bond motifs is 1. The third kappa shape index (κ3) is 2.98. The Bertz CT molecular complexity index is 1170. The Morgan fingerprint density at radius 2 is 2.22 bits per heavy atom. The molecule has 0 atom stereocenters. The van der Waals surface area contributed by atoms with Crippen molar-refractivity contribution in [1.82, 2.24) is 15.2 Å². The molecule has 0 saturated carbocycles. The number of benzene rings is 1. The average molecular weight is 359 g/mol. The average Bonchev–Trinajstić information content (AvgIpc) is 3.36. The fourth-order valence-corrected chi connectivity index (χ4v) is 2.73. The highest BCUT2D eigenvalue weighted by atomic mass is 16.5. The predicted octanol–water partition coefficient (Wildman–Crippen LogP) is 3.35. The van der Waals surface area contributed by atoms with E-state index in [2.05, 4.69) is 20.5 Å². The molecule has 0 radical (unpaired) electrons. The number of carbonyl (C=O) groups excluding carboxylic acids is 1. The van der Waals surface area contributed by atoms with Crippen molar-refractivity contribution in [2.45, 2.75) is 0 Å². The third-order valence-corrected chi connectivity index (χ3v) is 4.03. The first-order valence-electron chi connectivity index (χ1n) is 7.96. The second-order valence-corrected chi connectivity index (χ2v) is 5.69. The van der Waals surface area contributed by atoms with E-state index in [0.29, 0.717) is 11.3 Å². The van der Waals surface area contributed by atoms with Crippen LogP contribution in [0.4, 0.5) is 5.69 Å². The summed E-state index contributed by atoms with van der Waals surface area (Å²) in [6.45, 7) is 0. The SMILES string of the molecule is COc1cc(C#N)cnc1C(=O)Nc1ccc2[nH]nc(-c3ccoc3)c2c1. The van der Waals surface area contributed by atoms with Gasteiger partial charge in [0.2, 0.25) is 0 Å². The highest BCUT2D eigenvalue weighted by Crippen LogP contribution is 2.29. The molecule has 0 saturated heterocycles. The lowest BCUT2D eigenvalue weighted by molar-refractivity contribution is 0.101.